The number of rotatable bonds is 5. The van der Waals surface area contributed by atoms with E-state index in [2.05, 4.69) is 6.58 Å². The Bertz CT molecular complexity index is 101. The Hall–Kier alpha value is -0.340. The second-order valence-corrected chi connectivity index (χ2v) is 2.31. The third-order valence-electron chi connectivity index (χ3n) is 1.46. The van der Waals surface area contributed by atoms with Gasteiger partial charge in [0.1, 0.15) is 0 Å². The topological polar surface area (TPSA) is 35.2 Å². The average Bonchev–Trinajstić information content (AvgIpc) is 1.98. The van der Waals surface area contributed by atoms with E-state index >= 15 is 0 Å². The van der Waals surface area contributed by atoms with Gasteiger partial charge in [-0.15, -0.1) is 0 Å². The average molecular weight is 143 g/mol. The molecule has 0 aliphatic heterocycles. The van der Waals surface area contributed by atoms with Gasteiger partial charge in [-0.2, -0.15) is 0 Å². The van der Waals surface area contributed by atoms with Gasteiger partial charge in [0.2, 0.25) is 0 Å². The summed E-state index contributed by atoms with van der Waals surface area (Å²) in [4.78, 5) is 0. The minimum absolute atomic E-state index is 0.103. The number of hydrogen-bond donors (Lipinski definition) is 1. The molecule has 0 heterocycles. The van der Waals surface area contributed by atoms with Crippen LogP contribution in [-0.4, -0.2) is 19.3 Å². The Morgan fingerprint density at radius 1 is 1.60 bits per heavy atom. The van der Waals surface area contributed by atoms with E-state index < -0.39 is 0 Å². The van der Waals surface area contributed by atoms with Crippen LogP contribution in [0.2, 0.25) is 0 Å². The summed E-state index contributed by atoms with van der Waals surface area (Å²) in [5, 5.41) is 0. The molecule has 0 fully saturated rings. The van der Waals surface area contributed by atoms with Crippen LogP contribution in [0.15, 0.2) is 12.2 Å². The highest BCUT2D eigenvalue weighted by Crippen LogP contribution is 2.00. The summed E-state index contributed by atoms with van der Waals surface area (Å²) < 4.78 is 5.14. The second kappa shape index (κ2) is 5.45. The van der Waals surface area contributed by atoms with Crippen molar-refractivity contribution in [3.63, 3.8) is 0 Å². The first kappa shape index (κ1) is 9.66. The molecule has 2 N–H and O–H groups in total. The Labute approximate surface area is 63.1 Å². The Morgan fingerprint density at radius 3 is 2.60 bits per heavy atom. The lowest BCUT2D eigenvalue weighted by Gasteiger charge is -2.11. The second-order valence-electron chi connectivity index (χ2n) is 2.31. The number of ether oxygens (including phenoxy) is 1. The lowest BCUT2D eigenvalue weighted by atomic mass is 10.1. The third-order valence-corrected chi connectivity index (χ3v) is 1.46. The lowest BCUT2D eigenvalue weighted by molar-refractivity contribution is 0.167. The van der Waals surface area contributed by atoms with Crippen molar-refractivity contribution < 1.29 is 4.74 Å². The van der Waals surface area contributed by atoms with Crippen LogP contribution in [0, 0.1) is 0 Å². The molecule has 0 amide bonds. The van der Waals surface area contributed by atoms with E-state index in [0.717, 1.165) is 18.6 Å². The van der Waals surface area contributed by atoms with Crippen LogP contribution in [0.5, 0.6) is 0 Å². The maximum atomic E-state index is 5.68. The quantitative estimate of drug-likeness (QED) is 0.589. The van der Waals surface area contributed by atoms with Crippen molar-refractivity contribution in [2.24, 2.45) is 5.73 Å². The van der Waals surface area contributed by atoms with Crippen LogP contribution in [0.25, 0.3) is 0 Å². The molecule has 0 aliphatic carbocycles. The molecule has 1 unspecified atom stereocenters. The van der Waals surface area contributed by atoms with Crippen molar-refractivity contribution in [2.45, 2.75) is 26.3 Å². The Kier molecular flexibility index (Phi) is 5.26. The van der Waals surface area contributed by atoms with Gasteiger partial charge in [0.15, 0.2) is 0 Å². The minimum Gasteiger partial charge on any atom is -0.377 e. The molecule has 2 heteroatoms. The maximum absolute atomic E-state index is 5.68. The van der Waals surface area contributed by atoms with E-state index in [1.807, 2.05) is 13.8 Å². The molecule has 0 bridgehead atoms. The molecule has 0 aromatic rings. The molecule has 1 atom stereocenters. The molecule has 0 aliphatic rings. The fraction of sp³-hybridized carbons (Fsp3) is 0.750. The summed E-state index contributed by atoms with van der Waals surface area (Å²) in [6.45, 7) is 9.15. The molecule has 0 rings (SSSR count). The molecular weight excluding hydrogens is 126 g/mol. The normalized spacial score (nSPS) is 13.1. The highest BCUT2D eigenvalue weighted by atomic mass is 16.5. The molecule has 0 aromatic carbocycles. The Balaban J connectivity index is 3.42. The molecule has 0 radical (unpaired) electrons. The van der Waals surface area contributed by atoms with Gasteiger partial charge in [0.25, 0.3) is 0 Å². The van der Waals surface area contributed by atoms with E-state index in [-0.39, 0.29) is 6.04 Å². The zero-order valence-electron chi connectivity index (χ0n) is 6.89. The van der Waals surface area contributed by atoms with Crippen molar-refractivity contribution in [1.29, 1.82) is 0 Å². The van der Waals surface area contributed by atoms with E-state index in [4.69, 9.17) is 10.5 Å². The van der Waals surface area contributed by atoms with Crippen LogP contribution in [0.1, 0.15) is 20.3 Å². The van der Waals surface area contributed by atoms with Crippen LogP contribution in [-0.2, 0) is 4.74 Å². The van der Waals surface area contributed by atoms with E-state index in [1.165, 1.54) is 0 Å². The highest BCUT2D eigenvalue weighted by Gasteiger charge is 2.02. The minimum atomic E-state index is 0.103. The van der Waals surface area contributed by atoms with Gasteiger partial charge in [-0.1, -0.05) is 13.5 Å². The first-order valence-corrected chi connectivity index (χ1v) is 3.73. The molecule has 0 spiro atoms. The van der Waals surface area contributed by atoms with E-state index in [1.54, 1.807) is 0 Å². The van der Waals surface area contributed by atoms with Crippen LogP contribution in [0.3, 0.4) is 0 Å². The lowest BCUT2D eigenvalue weighted by Crippen LogP contribution is -2.23. The van der Waals surface area contributed by atoms with Gasteiger partial charge < -0.3 is 10.5 Å². The summed E-state index contributed by atoms with van der Waals surface area (Å²) in [5.74, 6) is 0. The molecule has 60 valence electrons. The summed E-state index contributed by atoms with van der Waals surface area (Å²) in [6, 6.07) is 0.103. The smallest absolute Gasteiger partial charge is 0.0689 e. The van der Waals surface area contributed by atoms with Gasteiger partial charge >= 0.3 is 0 Å². The van der Waals surface area contributed by atoms with E-state index in [0.29, 0.717) is 6.61 Å². The first-order chi connectivity index (χ1) is 4.72. The van der Waals surface area contributed by atoms with Crippen molar-refractivity contribution >= 4 is 0 Å². The predicted octanol–water partition coefficient (Wildman–Crippen LogP) is 1.32. The predicted molar refractivity (Wildman–Crippen MR) is 43.9 cm³/mol. The highest BCUT2D eigenvalue weighted by molar-refractivity contribution is 5.03. The summed E-state index contributed by atoms with van der Waals surface area (Å²) in [5.41, 5.74) is 6.67. The van der Waals surface area contributed by atoms with E-state index in [9.17, 15) is 0 Å². The zero-order chi connectivity index (χ0) is 7.98. The van der Waals surface area contributed by atoms with Gasteiger partial charge in [-0.05, 0) is 18.9 Å². The van der Waals surface area contributed by atoms with Crippen LogP contribution >= 0.6 is 0 Å². The zero-order valence-corrected chi connectivity index (χ0v) is 6.89. The van der Waals surface area contributed by atoms with Gasteiger partial charge in [-0.3, -0.25) is 0 Å². The molecule has 0 saturated carbocycles. The van der Waals surface area contributed by atoms with Crippen molar-refractivity contribution in [2.75, 3.05) is 13.2 Å². The fourth-order valence-corrected chi connectivity index (χ4v) is 0.629. The molecule has 0 aromatic heterocycles. The summed E-state index contributed by atoms with van der Waals surface area (Å²) in [6.07, 6.45) is 0.936. The molecule has 2 nitrogen and oxygen atoms in total. The van der Waals surface area contributed by atoms with Crippen molar-refractivity contribution in [3.05, 3.63) is 12.2 Å². The monoisotopic (exact) mass is 143 g/mol. The van der Waals surface area contributed by atoms with Crippen molar-refractivity contribution in [3.8, 4) is 0 Å². The summed E-state index contributed by atoms with van der Waals surface area (Å²) in [7, 11) is 0. The van der Waals surface area contributed by atoms with Crippen LogP contribution in [0.4, 0.5) is 0 Å². The maximum Gasteiger partial charge on any atom is 0.0689 e. The van der Waals surface area contributed by atoms with Crippen molar-refractivity contribution in [1.82, 2.24) is 0 Å². The van der Waals surface area contributed by atoms with Gasteiger partial charge in [-0.25, -0.2) is 0 Å². The Morgan fingerprint density at radius 2 is 2.20 bits per heavy atom. The fourth-order valence-electron chi connectivity index (χ4n) is 0.629. The first-order valence-electron chi connectivity index (χ1n) is 3.73. The number of nitrogens with two attached hydrogens (primary N) is 1. The standard InChI is InChI=1S/C8H17NO/c1-4-8(9)7(3)6-10-5-2/h8H,3-6,9H2,1-2H3. The summed E-state index contributed by atoms with van der Waals surface area (Å²) >= 11 is 0. The molecule has 0 saturated heterocycles. The molecular formula is C8H17NO. The SMILES string of the molecule is C=C(COCC)C(N)CC. The molecule has 10 heavy (non-hydrogen) atoms. The third kappa shape index (κ3) is 3.64. The van der Waals surface area contributed by atoms with Crippen LogP contribution < -0.4 is 5.73 Å². The van der Waals surface area contributed by atoms with Gasteiger partial charge in [0.05, 0.1) is 6.61 Å². The van der Waals surface area contributed by atoms with Gasteiger partial charge in [0, 0.05) is 12.6 Å². The largest absolute Gasteiger partial charge is 0.377 e. The number of hydrogen-bond acceptors (Lipinski definition) is 2.